The molecule has 0 unspecified atom stereocenters. The Balaban J connectivity index is 1.36. The Kier molecular flexibility index (Phi) is 4.57. The van der Waals surface area contributed by atoms with Gasteiger partial charge in [-0.25, -0.2) is 0 Å². The zero-order valence-electron chi connectivity index (χ0n) is 14.8. The molecule has 4 rings (SSSR count). The summed E-state index contributed by atoms with van der Waals surface area (Å²) < 4.78 is 2.32. The van der Waals surface area contributed by atoms with Gasteiger partial charge in [-0.05, 0) is 51.6 Å². The summed E-state index contributed by atoms with van der Waals surface area (Å²) >= 11 is 0. The highest BCUT2D eigenvalue weighted by Crippen LogP contribution is 2.30. The molecule has 0 N–H and O–H groups in total. The maximum Gasteiger partial charge on any atom is 0.239 e. The number of aromatic nitrogens is 3. The molecule has 1 aromatic rings. The van der Waals surface area contributed by atoms with Gasteiger partial charge in [0.05, 0.1) is 6.04 Å². The van der Waals surface area contributed by atoms with Crippen LogP contribution in [0.3, 0.4) is 0 Å². The number of nitrogens with zero attached hydrogens (tertiary/aromatic N) is 5. The van der Waals surface area contributed by atoms with E-state index in [2.05, 4.69) is 31.5 Å². The third-order valence-electron chi connectivity index (χ3n) is 5.97. The van der Waals surface area contributed by atoms with E-state index in [0.717, 1.165) is 70.7 Å². The van der Waals surface area contributed by atoms with Gasteiger partial charge in [-0.1, -0.05) is 6.92 Å². The van der Waals surface area contributed by atoms with E-state index in [1.165, 1.54) is 18.7 Å². The van der Waals surface area contributed by atoms with Gasteiger partial charge >= 0.3 is 0 Å². The van der Waals surface area contributed by atoms with E-state index in [9.17, 15) is 4.79 Å². The number of rotatable bonds is 4. The highest BCUT2D eigenvalue weighted by molar-refractivity contribution is 5.82. The Hall–Kier alpha value is -1.43. The molecular formula is C18H29N5O. The van der Waals surface area contributed by atoms with Gasteiger partial charge in [0.15, 0.2) is 0 Å². The van der Waals surface area contributed by atoms with Crippen LogP contribution in [0.25, 0.3) is 0 Å². The van der Waals surface area contributed by atoms with Crippen molar-refractivity contribution in [1.29, 1.82) is 0 Å². The molecule has 0 saturated carbocycles. The van der Waals surface area contributed by atoms with Crippen LogP contribution in [-0.4, -0.2) is 62.7 Å². The second kappa shape index (κ2) is 6.82. The number of hydrogen-bond acceptors (Lipinski definition) is 4. The van der Waals surface area contributed by atoms with Crippen molar-refractivity contribution in [1.82, 2.24) is 24.6 Å². The van der Waals surface area contributed by atoms with E-state index in [-0.39, 0.29) is 6.04 Å². The first-order valence-electron chi connectivity index (χ1n) is 9.72. The lowest BCUT2D eigenvalue weighted by Crippen LogP contribution is -2.48. The topological polar surface area (TPSA) is 54.3 Å². The van der Waals surface area contributed by atoms with Gasteiger partial charge in [0.2, 0.25) is 5.91 Å². The standard InChI is InChI=1S/C18H29N5O/c1-2-9-21-10-3-5-15(21)18(24)22-12-7-14(8-13-22)17-20-19-16-6-4-11-23(16)17/h14-15H,2-13H2,1H3/t15-/m1/s1. The highest BCUT2D eigenvalue weighted by Gasteiger charge is 2.35. The fraction of sp³-hybridized carbons (Fsp3) is 0.833. The number of fused-ring (bicyclic) bond motifs is 1. The van der Waals surface area contributed by atoms with E-state index >= 15 is 0 Å². The summed E-state index contributed by atoms with van der Waals surface area (Å²) in [6, 6.07) is 0.138. The van der Waals surface area contributed by atoms with E-state index in [0.29, 0.717) is 11.8 Å². The zero-order valence-corrected chi connectivity index (χ0v) is 14.8. The summed E-state index contributed by atoms with van der Waals surface area (Å²) in [5.41, 5.74) is 0. The first kappa shape index (κ1) is 16.1. The second-order valence-electron chi connectivity index (χ2n) is 7.52. The molecule has 0 bridgehead atoms. The quantitative estimate of drug-likeness (QED) is 0.844. The average molecular weight is 331 g/mol. The van der Waals surface area contributed by atoms with Gasteiger partial charge in [0.1, 0.15) is 11.6 Å². The molecule has 0 radical (unpaired) electrons. The lowest BCUT2D eigenvalue weighted by molar-refractivity contribution is -0.137. The van der Waals surface area contributed by atoms with Crippen LogP contribution in [0.5, 0.6) is 0 Å². The fourth-order valence-corrected chi connectivity index (χ4v) is 4.70. The van der Waals surface area contributed by atoms with Crippen molar-refractivity contribution in [3.8, 4) is 0 Å². The monoisotopic (exact) mass is 331 g/mol. The van der Waals surface area contributed by atoms with Crippen LogP contribution >= 0.6 is 0 Å². The van der Waals surface area contributed by atoms with Crippen LogP contribution in [0.2, 0.25) is 0 Å². The van der Waals surface area contributed by atoms with E-state index < -0.39 is 0 Å². The molecule has 24 heavy (non-hydrogen) atoms. The van der Waals surface area contributed by atoms with Gasteiger partial charge < -0.3 is 9.47 Å². The van der Waals surface area contributed by atoms with Gasteiger partial charge in [0, 0.05) is 32.0 Å². The highest BCUT2D eigenvalue weighted by atomic mass is 16.2. The fourth-order valence-electron chi connectivity index (χ4n) is 4.70. The number of carbonyl (C=O) groups is 1. The molecule has 0 aliphatic carbocycles. The molecule has 1 atom stereocenters. The van der Waals surface area contributed by atoms with Gasteiger partial charge in [-0.2, -0.15) is 0 Å². The molecule has 3 aliphatic heterocycles. The number of hydrogen-bond donors (Lipinski definition) is 0. The minimum Gasteiger partial charge on any atom is -0.341 e. The number of amides is 1. The zero-order chi connectivity index (χ0) is 16.5. The Morgan fingerprint density at radius 2 is 1.92 bits per heavy atom. The van der Waals surface area contributed by atoms with Crippen LogP contribution < -0.4 is 0 Å². The van der Waals surface area contributed by atoms with Crippen molar-refractivity contribution in [3.05, 3.63) is 11.6 Å². The summed E-state index contributed by atoms with van der Waals surface area (Å²) in [4.78, 5) is 17.4. The van der Waals surface area contributed by atoms with Crippen molar-refractivity contribution in [2.24, 2.45) is 0 Å². The molecule has 0 aromatic carbocycles. The Labute approximate surface area is 144 Å². The predicted octanol–water partition coefficient (Wildman–Crippen LogP) is 1.80. The largest absolute Gasteiger partial charge is 0.341 e. The Morgan fingerprint density at radius 3 is 2.71 bits per heavy atom. The summed E-state index contributed by atoms with van der Waals surface area (Å²) in [6.07, 6.45) is 7.66. The molecule has 4 heterocycles. The van der Waals surface area contributed by atoms with Crippen molar-refractivity contribution >= 4 is 5.91 Å². The van der Waals surface area contributed by atoms with E-state index in [1.54, 1.807) is 0 Å². The molecule has 6 heteroatoms. The molecule has 132 valence electrons. The maximum atomic E-state index is 12.9. The van der Waals surface area contributed by atoms with Gasteiger partial charge in [0.25, 0.3) is 0 Å². The summed E-state index contributed by atoms with van der Waals surface area (Å²) in [7, 11) is 0. The Bertz CT molecular complexity index is 590. The molecule has 6 nitrogen and oxygen atoms in total. The summed E-state index contributed by atoms with van der Waals surface area (Å²) in [5, 5.41) is 8.79. The van der Waals surface area contributed by atoms with Crippen LogP contribution in [0.1, 0.15) is 63.0 Å². The molecule has 1 amide bonds. The van der Waals surface area contributed by atoms with E-state index in [4.69, 9.17) is 0 Å². The summed E-state index contributed by atoms with van der Waals surface area (Å²) in [6.45, 7) is 7.17. The molecule has 2 fully saturated rings. The number of aryl methyl sites for hydroxylation is 1. The normalized spacial score (nSPS) is 25.4. The van der Waals surface area contributed by atoms with Crippen molar-refractivity contribution in [2.45, 2.75) is 70.4 Å². The molecular weight excluding hydrogens is 302 g/mol. The van der Waals surface area contributed by atoms with Crippen molar-refractivity contribution < 1.29 is 4.79 Å². The summed E-state index contributed by atoms with van der Waals surface area (Å²) in [5.74, 6) is 3.17. The molecule has 2 saturated heterocycles. The van der Waals surface area contributed by atoms with Crippen LogP contribution in [0.4, 0.5) is 0 Å². The van der Waals surface area contributed by atoms with Crippen LogP contribution in [0.15, 0.2) is 0 Å². The number of carbonyl (C=O) groups excluding carboxylic acids is 1. The van der Waals surface area contributed by atoms with Crippen LogP contribution in [-0.2, 0) is 17.8 Å². The molecule has 3 aliphatic rings. The van der Waals surface area contributed by atoms with Crippen LogP contribution in [0, 0.1) is 0 Å². The van der Waals surface area contributed by atoms with Crippen molar-refractivity contribution in [3.63, 3.8) is 0 Å². The maximum absolute atomic E-state index is 12.9. The average Bonchev–Trinajstić information content (AvgIpc) is 3.31. The number of piperidine rings is 1. The SMILES string of the molecule is CCCN1CCC[C@@H]1C(=O)N1CCC(c2nnc3n2CCC3)CC1. The lowest BCUT2D eigenvalue weighted by Gasteiger charge is -2.35. The third kappa shape index (κ3) is 2.85. The first-order chi connectivity index (χ1) is 11.8. The Morgan fingerprint density at radius 1 is 1.08 bits per heavy atom. The predicted molar refractivity (Wildman–Crippen MR) is 91.8 cm³/mol. The minimum atomic E-state index is 0.138. The van der Waals surface area contributed by atoms with Gasteiger partial charge in [-0.15, -0.1) is 10.2 Å². The number of likely N-dealkylation sites (tertiary alicyclic amines) is 2. The lowest BCUT2D eigenvalue weighted by atomic mass is 9.95. The molecule has 1 aromatic heterocycles. The minimum absolute atomic E-state index is 0.138. The third-order valence-corrected chi connectivity index (χ3v) is 5.97. The first-order valence-corrected chi connectivity index (χ1v) is 9.72. The van der Waals surface area contributed by atoms with Gasteiger partial charge in [-0.3, -0.25) is 9.69 Å². The smallest absolute Gasteiger partial charge is 0.239 e. The van der Waals surface area contributed by atoms with E-state index in [1.807, 2.05) is 0 Å². The molecule has 0 spiro atoms. The second-order valence-corrected chi connectivity index (χ2v) is 7.52. The van der Waals surface area contributed by atoms with Crippen molar-refractivity contribution in [2.75, 3.05) is 26.2 Å².